The summed E-state index contributed by atoms with van der Waals surface area (Å²) in [5, 5.41) is 8.89. The Hall–Kier alpha value is -2.81. The summed E-state index contributed by atoms with van der Waals surface area (Å²) >= 11 is 1.30. The summed E-state index contributed by atoms with van der Waals surface area (Å²) in [7, 11) is 0. The average molecular weight is 347 g/mol. The van der Waals surface area contributed by atoms with Crippen molar-refractivity contribution >= 4 is 39.6 Å². The topological polar surface area (TPSA) is 101 Å². The van der Waals surface area contributed by atoms with Crippen LogP contribution in [-0.4, -0.2) is 28.6 Å². The van der Waals surface area contributed by atoms with Crippen LogP contribution in [0.15, 0.2) is 34.9 Å². The molecule has 124 valence electrons. The Kier molecular flexibility index (Phi) is 4.26. The van der Waals surface area contributed by atoms with Crippen molar-refractivity contribution in [3.63, 3.8) is 0 Å². The second-order valence-corrected chi connectivity index (χ2v) is 6.07. The van der Waals surface area contributed by atoms with E-state index in [1.54, 1.807) is 12.4 Å². The number of halogens is 1. The summed E-state index contributed by atoms with van der Waals surface area (Å²) in [6.07, 6.45) is 0.0798. The third-order valence-electron chi connectivity index (χ3n) is 3.56. The number of carbonyl (C=O) groups is 2. The molecule has 1 aliphatic rings. The number of amides is 2. The highest BCUT2D eigenvalue weighted by molar-refractivity contribution is 7.14. The van der Waals surface area contributed by atoms with Crippen LogP contribution < -0.4 is 16.1 Å². The van der Waals surface area contributed by atoms with Gasteiger partial charge >= 0.3 is 0 Å². The molecule has 1 aliphatic heterocycles. The fourth-order valence-corrected chi connectivity index (χ4v) is 2.99. The molecule has 2 aromatic rings. The molecule has 2 heterocycles. The Labute approximate surface area is 141 Å². The molecule has 0 bridgehead atoms. The zero-order chi connectivity index (χ0) is 17.3. The molecule has 0 spiro atoms. The van der Waals surface area contributed by atoms with E-state index in [0.717, 1.165) is 0 Å². The number of hydrogen-bond acceptors (Lipinski definition) is 6. The van der Waals surface area contributed by atoms with Gasteiger partial charge in [0.05, 0.1) is 16.9 Å². The summed E-state index contributed by atoms with van der Waals surface area (Å²) in [6.45, 7) is 1.78. The number of benzene rings is 1. The molecular formula is C15H14FN5O2S. The van der Waals surface area contributed by atoms with Gasteiger partial charge in [-0.15, -0.1) is 11.3 Å². The fraction of sp³-hybridized carbons (Fsp3) is 0.200. The Balaban J connectivity index is 1.85. The van der Waals surface area contributed by atoms with E-state index >= 15 is 0 Å². The van der Waals surface area contributed by atoms with Crippen molar-refractivity contribution in [1.29, 1.82) is 0 Å². The molecule has 0 unspecified atom stereocenters. The molecule has 2 amide bonds. The largest absolute Gasteiger partial charge is 0.368 e. The standard InChI is InChI=1S/C15H14FN5O2S/c1-8-15(24-7-18-8)19-14(23)11-6-12(13(17)22)21(20-11)10-4-2-9(16)3-5-10/h2-5,7,12H,6H2,1H3,(H2,17,22)(H,19,23)/t12-/m1/s1. The van der Waals surface area contributed by atoms with Gasteiger partial charge in [-0.1, -0.05) is 0 Å². The average Bonchev–Trinajstić information content (AvgIpc) is 3.15. The summed E-state index contributed by atoms with van der Waals surface area (Å²) in [5.41, 5.74) is 8.40. The highest BCUT2D eigenvalue weighted by atomic mass is 32.1. The van der Waals surface area contributed by atoms with Crippen LogP contribution >= 0.6 is 11.3 Å². The molecule has 1 aromatic heterocycles. The molecule has 0 fully saturated rings. The SMILES string of the molecule is Cc1ncsc1NC(=O)C1=NN(c2ccc(F)cc2)[C@@H](C(N)=O)C1. The molecular weight excluding hydrogens is 333 g/mol. The van der Waals surface area contributed by atoms with Crippen molar-refractivity contribution in [1.82, 2.24) is 4.98 Å². The van der Waals surface area contributed by atoms with E-state index in [4.69, 9.17) is 5.73 Å². The van der Waals surface area contributed by atoms with Crippen LogP contribution in [0.4, 0.5) is 15.1 Å². The number of rotatable bonds is 4. The molecule has 0 saturated heterocycles. The molecule has 7 nitrogen and oxygen atoms in total. The molecule has 3 rings (SSSR count). The number of nitrogens with zero attached hydrogens (tertiary/aromatic N) is 3. The Bertz CT molecular complexity index is 818. The molecule has 9 heteroatoms. The normalized spacial score (nSPS) is 16.8. The van der Waals surface area contributed by atoms with Crippen molar-refractivity contribution < 1.29 is 14.0 Å². The predicted octanol–water partition coefficient (Wildman–Crippen LogP) is 1.65. The summed E-state index contributed by atoms with van der Waals surface area (Å²) in [4.78, 5) is 28.1. The molecule has 1 atom stereocenters. The number of primary amides is 1. The first-order valence-electron chi connectivity index (χ1n) is 7.08. The number of hydrazone groups is 1. The van der Waals surface area contributed by atoms with Crippen molar-refractivity contribution in [3.05, 3.63) is 41.3 Å². The van der Waals surface area contributed by atoms with E-state index in [2.05, 4.69) is 15.4 Å². The molecule has 3 N–H and O–H groups in total. The summed E-state index contributed by atoms with van der Waals surface area (Å²) < 4.78 is 13.1. The van der Waals surface area contributed by atoms with Crippen molar-refractivity contribution in [3.8, 4) is 0 Å². The van der Waals surface area contributed by atoms with Gasteiger partial charge in [0.2, 0.25) is 5.91 Å². The number of aromatic nitrogens is 1. The lowest BCUT2D eigenvalue weighted by atomic mass is 10.1. The lowest BCUT2D eigenvalue weighted by Gasteiger charge is -2.20. The van der Waals surface area contributed by atoms with Crippen LogP contribution in [0.5, 0.6) is 0 Å². The number of anilines is 2. The van der Waals surface area contributed by atoms with E-state index in [-0.39, 0.29) is 12.1 Å². The van der Waals surface area contributed by atoms with Gasteiger partial charge in [-0.3, -0.25) is 14.6 Å². The van der Waals surface area contributed by atoms with Crippen LogP contribution in [0.2, 0.25) is 0 Å². The van der Waals surface area contributed by atoms with Crippen molar-refractivity contribution in [2.75, 3.05) is 10.3 Å². The zero-order valence-corrected chi connectivity index (χ0v) is 13.5. The predicted molar refractivity (Wildman–Crippen MR) is 89.4 cm³/mol. The maximum absolute atomic E-state index is 13.1. The van der Waals surface area contributed by atoms with Crippen molar-refractivity contribution in [2.24, 2.45) is 10.8 Å². The van der Waals surface area contributed by atoms with E-state index in [9.17, 15) is 14.0 Å². The van der Waals surface area contributed by atoms with Crippen LogP contribution in [0, 0.1) is 12.7 Å². The van der Waals surface area contributed by atoms with Crippen LogP contribution in [0.25, 0.3) is 0 Å². The monoisotopic (exact) mass is 347 g/mol. The van der Waals surface area contributed by atoms with E-state index in [1.807, 2.05) is 0 Å². The van der Waals surface area contributed by atoms with Gasteiger partial charge in [-0.2, -0.15) is 5.10 Å². The minimum atomic E-state index is -0.793. The highest BCUT2D eigenvalue weighted by Gasteiger charge is 2.35. The lowest BCUT2D eigenvalue weighted by Crippen LogP contribution is -2.39. The Morgan fingerprint density at radius 3 is 2.67 bits per heavy atom. The van der Waals surface area contributed by atoms with Crippen LogP contribution in [0.1, 0.15) is 12.1 Å². The first-order chi connectivity index (χ1) is 11.5. The molecule has 0 saturated carbocycles. The van der Waals surface area contributed by atoms with Crippen molar-refractivity contribution in [2.45, 2.75) is 19.4 Å². The fourth-order valence-electron chi connectivity index (χ4n) is 2.30. The van der Waals surface area contributed by atoms with Gasteiger partial charge in [0.25, 0.3) is 5.91 Å². The molecule has 0 radical (unpaired) electrons. The molecule has 0 aliphatic carbocycles. The third-order valence-corrected chi connectivity index (χ3v) is 4.41. The van der Waals surface area contributed by atoms with Gasteiger partial charge in [0.15, 0.2) is 0 Å². The zero-order valence-electron chi connectivity index (χ0n) is 12.7. The number of carbonyl (C=O) groups excluding carboxylic acids is 2. The molecule has 1 aromatic carbocycles. The number of nitrogens with one attached hydrogen (secondary N) is 1. The maximum atomic E-state index is 13.1. The van der Waals surface area contributed by atoms with E-state index in [0.29, 0.717) is 16.4 Å². The smallest absolute Gasteiger partial charge is 0.272 e. The first-order valence-corrected chi connectivity index (χ1v) is 7.96. The molecule has 24 heavy (non-hydrogen) atoms. The quantitative estimate of drug-likeness (QED) is 0.878. The Morgan fingerprint density at radius 2 is 2.08 bits per heavy atom. The lowest BCUT2D eigenvalue weighted by molar-refractivity contribution is -0.119. The van der Waals surface area contributed by atoms with E-state index < -0.39 is 23.7 Å². The second kappa shape index (κ2) is 6.36. The van der Waals surface area contributed by atoms with Crippen LogP contribution in [0.3, 0.4) is 0 Å². The minimum absolute atomic E-state index is 0.0798. The maximum Gasteiger partial charge on any atom is 0.272 e. The first kappa shape index (κ1) is 16.1. The van der Waals surface area contributed by atoms with Gasteiger partial charge in [-0.05, 0) is 31.2 Å². The number of nitrogens with two attached hydrogens (primary N) is 1. The van der Waals surface area contributed by atoms with E-state index in [1.165, 1.54) is 40.6 Å². The van der Waals surface area contributed by atoms with Gasteiger partial charge in [-0.25, -0.2) is 9.37 Å². The second-order valence-electron chi connectivity index (χ2n) is 5.21. The van der Waals surface area contributed by atoms with Crippen LogP contribution in [-0.2, 0) is 9.59 Å². The minimum Gasteiger partial charge on any atom is -0.368 e. The number of aryl methyl sites for hydroxylation is 1. The highest BCUT2D eigenvalue weighted by Crippen LogP contribution is 2.26. The number of thiazole rings is 1. The summed E-state index contributed by atoms with van der Waals surface area (Å²) in [6, 6.07) is 4.66. The van der Waals surface area contributed by atoms with Gasteiger partial charge in [0, 0.05) is 6.42 Å². The van der Waals surface area contributed by atoms with Gasteiger partial charge < -0.3 is 11.1 Å². The number of hydrogen-bond donors (Lipinski definition) is 2. The van der Waals surface area contributed by atoms with Gasteiger partial charge in [0.1, 0.15) is 22.6 Å². The third kappa shape index (κ3) is 3.11. The Morgan fingerprint density at radius 1 is 1.38 bits per heavy atom. The summed E-state index contributed by atoms with van der Waals surface area (Å²) in [5.74, 6) is -1.44.